The Hall–Kier alpha value is -1.56. The number of hydrogen-bond acceptors (Lipinski definition) is 4. The monoisotopic (exact) mass is 296 g/mol. The lowest BCUT2D eigenvalue weighted by molar-refractivity contribution is 0.100. The summed E-state index contributed by atoms with van der Waals surface area (Å²) in [5.74, 6) is -0.138. The van der Waals surface area contributed by atoms with E-state index in [1.165, 1.54) is 12.1 Å². The second-order valence-corrected chi connectivity index (χ2v) is 7.59. The van der Waals surface area contributed by atoms with Crippen molar-refractivity contribution >= 4 is 21.4 Å². The average molecular weight is 296 g/mol. The Balaban J connectivity index is 2.10. The molecule has 5 nitrogen and oxygen atoms in total. The number of nitrogen functional groups attached to an aromatic ring is 1. The Labute approximate surface area is 119 Å². The summed E-state index contributed by atoms with van der Waals surface area (Å²) < 4.78 is 24.4. The van der Waals surface area contributed by atoms with E-state index in [-0.39, 0.29) is 17.4 Å². The van der Waals surface area contributed by atoms with Crippen LogP contribution in [0.3, 0.4) is 0 Å². The fourth-order valence-corrected chi connectivity index (χ4v) is 4.62. The van der Waals surface area contributed by atoms with E-state index in [1.54, 1.807) is 6.07 Å². The third-order valence-corrected chi connectivity index (χ3v) is 5.50. The third-order valence-electron chi connectivity index (χ3n) is 3.77. The molecule has 0 aromatic heterocycles. The summed E-state index contributed by atoms with van der Waals surface area (Å²) in [5.41, 5.74) is 12.1. The quantitative estimate of drug-likeness (QED) is 0.803. The summed E-state index contributed by atoms with van der Waals surface area (Å²) in [5, 5.41) is 0. The van der Waals surface area contributed by atoms with Gasteiger partial charge in [0.25, 0.3) is 0 Å². The molecule has 1 fully saturated rings. The lowest BCUT2D eigenvalue weighted by Gasteiger charge is -2.11. The van der Waals surface area contributed by atoms with Gasteiger partial charge >= 0.3 is 0 Å². The molecular weight excluding hydrogens is 276 g/mol. The molecule has 6 heteroatoms. The Kier molecular flexibility index (Phi) is 4.32. The van der Waals surface area contributed by atoms with E-state index in [4.69, 9.17) is 11.5 Å². The lowest BCUT2D eigenvalue weighted by atomic mass is 10.1. The van der Waals surface area contributed by atoms with Crippen molar-refractivity contribution in [1.29, 1.82) is 0 Å². The molecule has 0 saturated heterocycles. The summed E-state index contributed by atoms with van der Waals surface area (Å²) >= 11 is 0. The first-order chi connectivity index (χ1) is 9.37. The van der Waals surface area contributed by atoms with E-state index in [2.05, 4.69) is 0 Å². The van der Waals surface area contributed by atoms with Crippen LogP contribution >= 0.6 is 0 Å². The van der Waals surface area contributed by atoms with Gasteiger partial charge in [-0.1, -0.05) is 18.9 Å². The van der Waals surface area contributed by atoms with Crippen molar-refractivity contribution in [3.8, 4) is 0 Å². The van der Waals surface area contributed by atoms with Gasteiger partial charge in [-0.2, -0.15) is 0 Å². The standard InChI is InChI=1S/C14H20N2O3S/c15-13-7-11(14(16)17)5-6-12(13)9-20(18,19)8-10-3-1-2-4-10/h5-7,10H,1-4,8-9,15H2,(H2,16,17). The van der Waals surface area contributed by atoms with Gasteiger partial charge in [0, 0.05) is 11.3 Å². The normalized spacial score (nSPS) is 16.4. The highest BCUT2D eigenvalue weighted by Gasteiger charge is 2.23. The highest BCUT2D eigenvalue weighted by molar-refractivity contribution is 7.90. The van der Waals surface area contributed by atoms with Crippen LogP contribution in [0.4, 0.5) is 5.69 Å². The second kappa shape index (κ2) is 5.83. The molecule has 20 heavy (non-hydrogen) atoms. The SMILES string of the molecule is NC(=O)c1ccc(CS(=O)(=O)CC2CCCC2)c(N)c1. The van der Waals surface area contributed by atoms with Crippen LogP contribution in [0, 0.1) is 5.92 Å². The van der Waals surface area contributed by atoms with Crippen LogP contribution in [0.1, 0.15) is 41.6 Å². The van der Waals surface area contributed by atoms with Crippen molar-refractivity contribution in [3.05, 3.63) is 29.3 Å². The lowest BCUT2D eigenvalue weighted by Crippen LogP contribution is -2.17. The molecule has 4 N–H and O–H groups in total. The van der Waals surface area contributed by atoms with Gasteiger partial charge < -0.3 is 11.5 Å². The molecule has 1 amide bonds. The van der Waals surface area contributed by atoms with Crippen molar-refractivity contribution in [2.45, 2.75) is 31.4 Å². The van der Waals surface area contributed by atoms with Crippen molar-refractivity contribution < 1.29 is 13.2 Å². The Bertz CT molecular complexity index is 605. The highest BCUT2D eigenvalue weighted by atomic mass is 32.2. The van der Waals surface area contributed by atoms with Gasteiger partial charge in [-0.25, -0.2) is 8.42 Å². The molecule has 0 atom stereocenters. The first-order valence-corrected chi connectivity index (χ1v) is 8.58. The van der Waals surface area contributed by atoms with E-state index in [0.29, 0.717) is 16.8 Å². The van der Waals surface area contributed by atoms with E-state index in [1.807, 2.05) is 0 Å². The van der Waals surface area contributed by atoms with Crippen LogP contribution in [0.25, 0.3) is 0 Å². The molecule has 0 unspecified atom stereocenters. The van der Waals surface area contributed by atoms with Gasteiger partial charge in [-0.15, -0.1) is 0 Å². The van der Waals surface area contributed by atoms with Gasteiger partial charge in [-0.3, -0.25) is 4.79 Å². The topological polar surface area (TPSA) is 103 Å². The van der Waals surface area contributed by atoms with Crippen LogP contribution in [-0.2, 0) is 15.6 Å². The van der Waals surface area contributed by atoms with Crippen LogP contribution in [0.2, 0.25) is 0 Å². The molecule has 0 radical (unpaired) electrons. The zero-order chi connectivity index (χ0) is 14.8. The number of sulfone groups is 1. The number of nitrogens with two attached hydrogens (primary N) is 2. The second-order valence-electron chi connectivity index (χ2n) is 5.48. The van der Waals surface area contributed by atoms with Gasteiger partial charge in [-0.05, 0) is 36.5 Å². The largest absolute Gasteiger partial charge is 0.398 e. The Morgan fingerprint density at radius 3 is 2.45 bits per heavy atom. The third kappa shape index (κ3) is 3.72. The Morgan fingerprint density at radius 1 is 1.25 bits per heavy atom. The maximum atomic E-state index is 12.2. The Morgan fingerprint density at radius 2 is 1.90 bits per heavy atom. The van der Waals surface area contributed by atoms with Gasteiger partial charge in [0.15, 0.2) is 9.84 Å². The molecule has 0 heterocycles. The summed E-state index contributed by atoms with van der Waals surface area (Å²) in [7, 11) is -3.17. The molecule has 110 valence electrons. The van der Waals surface area contributed by atoms with Gasteiger partial charge in [0.05, 0.1) is 11.5 Å². The number of benzene rings is 1. The zero-order valence-corrected chi connectivity index (χ0v) is 12.2. The minimum Gasteiger partial charge on any atom is -0.398 e. The first kappa shape index (κ1) is 14.8. The number of hydrogen-bond donors (Lipinski definition) is 2. The minimum absolute atomic E-state index is 0.0750. The van der Waals surface area contributed by atoms with Crippen molar-refractivity contribution in [3.63, 3.8) is 0 Å². The van der Waals surface area contributed by atoms with E-state index in [0.717, 1.165) is 25.7 Å². The maximum Gasteiger partial charge on any atom is 0.248 e. The van der Waals surface area contributed by atoms with Crippen LogP contribution in [0.5, 0.6) is 0 Å². The van der Waals surface area contributed by atoms with Gasteiger partial charge in [0.1, 0.15) is 0 Å². The van der Waals surface area contributed by atoms with Crippen LogP contribution in [0.15, 0.2) is 18.2 Å². The first-order valence-electron chi connectivity index (χ1n) is 6.76. The van der Waals surface area contributed by atoms with Crippen LogP contribution < -0.4 is 11.5 Å². The summed E-state index contributed by atoms with van der Waals surface area (Å²) in [6, 6.07) is 4.52. The smallest absolute Gasteiger partial charge is 0.248 e. The minimum atomic E-state index is -3.17. The summed E-state index contributed by atoms with van der Waals surface area (Å²) in [6.45, 7) is 0. The number of amides is 1. The highest BCUT2D eigenvalue weighted by Crippen LogP contribution is 2.27. The van der Waals surface area contributed by atoms with Crippen molar-refractivity contribution in [2.24, 2.45) is 11.7 Å². The molecule has 1 aromatic carbocycles. The molecule has 2 rings (SSSR count). The number of carbonyl (C=O) groups is 1. The molecule has 1 saturated carbocycles. The number of anilines is 1. The molecule has 1 aliphatic carbocycles. The van der Waals surface area contributed by atoms with Crippen LogP contribution in [-0.4, -0.2) is 20.1 Å². The molecule has 1 aromatic rings. The molecule has 0 bridgehead atoms. The predicted molar refractivity (Wildman–Crippen MR) is 78.8 cm³/mol. The zero-order valence-electron chi connectivity index (χ0n) is 11.3. The fourth-order valence-electron chi connectivity index (χ4n) is 2.71. The average Bonchev–Trinajstić information content (AvgIpc) is 2.83. The molecular formula is C14H20N2O3S. The van der Waals surface area contributed by atoms with Crippen molar-refractivity contribution in [2.75, 3.05) is 11.5 Å². The summed E-state index contributed by atoms with van der Waals surface area (Å²) in [6.07, 6.45) is 4.23. The van der Waals surface area contributed by atoms with E-state index in [9.17, 15) is 13.2 Å². The van der Waals surface area contributed by atoms with Gasteiger partial charge in [0.2, 0.25) is 5.91 Å². The molecule has 0 aliphatic heterocycles. The number of carbonyl (C=O) groups excluding carboxylic acids is 1. The summed E-state index contributed by atoms with van der Waals surface area (Å²) in [4.78, 5) is 11.0. The fraction of sp³-hybridized carbons (Fsp3) is 0.500. The maximum absolute atomic E-state index is 12.2. The number of primary amides is 1. The predicted octanol–water partition coefficient (Wildman–Crippen LogP) is 1.47. The van der Waals surface area contributed by atoms with Crippen molar-refractivity contribution in [1.82, 2.24) is 0 Å². The van der Waals surface area contributed by atoms with E-state index >= 15 is 0 Å². The molecule has 1 aliphatic rings. The number of rotatable bonds is 5. The molecule has 0 spiro atoms. The van der Waals surface area contributed by atoms with E-state index < -0.39 is 15.7 Å².